The van der Waals surface area contributed by atoms with Crippen LogP contribution in [0.25, 0.3) is 11.1 Å². The number of halogens is 3. The number of piperidine rings is 2. The number of amides is 3. The maximum absolute atomic E-state index is 13.9. The fourth-order valence-electron chi connectivity index (χ4n) is 8.37. The molecular formula is C42H48Cl2FN9O5. The summed E-state index contributed by atoms with van der Waals surface area (Å²) < 4.78 is 27.9. The highest BCUT2D eigenvalue weighted by molar-refractivity contribution is 6.36. The Morgan fingerprint density at radius 3 is 2.56 bits per heavy atom. The fourth-order valence-corrected chi connectivity index (χ4v) is 8.93. The first-order valence-electron chi connectivity index (χ1n) is 20.2. The van der Waals surface area contributed by atoms with Gasteiger partial charge in [-0.25, -0.2) is 9.37 Å². The Morgan fingerprint density at radius 2 is 1.76 bits per heavy atom. The summed E-state index contributed by atoms with van der Waals surface area (Å²) in [6.45, 7) is 8.46. The number of nitrogens with two attached hydrogens (primary N) is 1. The van der Waals surface area contributed by atoms with E-state index in [1.807, 2.05) is 41.3 Å². The minimum Gasteiger partial charge on any atom is -0.489 e. The molecule has 1 atom stereocenters. The highest BCUT2D eigenvalue weighted by atomic mass is 35.5. The zero-order valence-electron chi connectivity index (χ0n) is 32.7. The lowest BCUT2D eigenvalue weighted by Gasteiger charge is -2.39. The van der Waals surface area contributed by atoms with Crippen LogP contribution in [0.1, 0.15) is 53.2 Å². The topological polar surface area (TPSA) is 160 Å². The van der Waals surface area contributed by atoms with Gasteiger partial charge in [-0.1, -0.05) is 29.3 Å². The number of aromatic nitrogens is 3. The van der Waals surface area contributed by atoms with Gasteiger partial charge in [0, 0.05) is 116 Å². The summed E-state index contributed by atoms with van der Waals surface area (Å²) in [4.78, 5) is 47.9. The van der Waals surface area contributed by atoms with Crippen LogP contribution in [0.15, 0.2) is 55.0 Å². The Hall–Kier alpha value is -4.80. The van der Waals surface area contributed by atoms with Crippen molar-refractivity contribution in [1.29, 1.82) is 0 Å². The molecule has 4 aromatic rings. The molecule has 6 heterocycles. The number of likely N-dealkylation sites (tertiary alicyclic amines) is 2. The van der Waals surface area contributed by atoms with E-state index in [4.69, 9.17) is 38.4 Å². The lowest BCUT2D eigenvalue weighted by molar-refractivity contribution is -0.136. The zero-order chi connectivity index (χ0) is 41.0. The van der Waals surface area contributed by atoms with Crippen molar-refractivity contribution in [2.24, 2.45) is 5.92 Å². The second-order valence-electron chi connectivity index (χ2n) is 15.7. The van der Waals surface area contributed by atoms with Crippen LogP contribution in [-0.4, -0.2) is 119 Å². The van der Waals surface area contributed by atoms with Crippen molar-refractivity contribution in [2.75, 3.05) is 76.7 Å². The summed E-state index contributed by atoms with van der Waals surface area (Å²) in [7, 11) is 0. The predicted molar refractivity (Wildman–Crippen MR) is 222 cm³/mol. The SMILES string of the molecule is Nc1ncc(-c2cnn(C3CCN(CCOCCN4CC(CNc5cccc6c5CN([C@H]5CCC(=O)NC5=O)C6=O)C4)CC3)c2)cc1OCCc1c(Cl)ccc(F)c1Cl. The van der Waals surface area contributed by atoms with Gasteiger partial charge in [-0.05, 0) is 55.2 Å². The highest BCUT2D eigenvalue weighted by Gasteiger charge is 2.40. The minimum absolute atomic E-state index is 0.00869. The highest BCUT2D eigenvalue weighted by Crippen LogP contribution is 2.34. The fraction of sp³-hybridized carbons (Fsp3) is 0.452. The molecule has 4 aliphatic rings. The van der Waals surface area contributed by atoms with Crippen LogP contribution in [0.2, 0.25) is 10.0 Å². The van der Waals surface area contributed by atoms with Gasteiger partial charge in [0.05, 0.1) is 37.1 Å². The molecular weight excluding hydrogens is 800 g/mol. The number of anilines is 2. The Balaban J connectivity index is 0.705. The van der Waals surface area contributed by atoms with Gasteiger partial charge in [0.25, 0.3) is 5.91 Å². The average Bonchev–Trinajstić information content (AvgIpc) is 3.84. The molecule has 4 N–H and O–H groups in total. The maximum atomic E-state index is 13.9. The van der Waals surface area contributed by atoms with Gasteiger partial charge >= 0.3 is 0 Å². The molecule has 3 saturated heterocycles. The van der Waals surface area contributed by atoms with E-state index in [-0.39, 0.29) is 35.7 Å². The van der Waals surface area contributed by atoms with Gasteiger partial charge < -0.3 is 35.2 Å². The number of nitrogens with one attached hydrogen (secondary N) is 2. The third kappa shape index (κ3) is 9.34. The van der Waals surface area contributed by atoms with Crippen LogP contribution in [0.3, 0.4) is 0 Å². The first-order valence-corrected chi connectivity index (χ1v) is 20.9. The van der Waals surface area contributed by atoms with Gasteiger partial charge in [-0.15, -0.1) is 0 Å². The average molecular weight is 849 g/mol. The van der Waals surface area contributed by atoms with E-state index in [2.05, 4.69) is 30.5 Å². The van der Waals surface area contributed by atoms with Crippen molar-refractivity contribution in [1.82, 2.24) is 34.8 Å². The summed E-state index contributed by atoms with van der Waals surface area (Å²) in [6, 6.07) is 9.90. The molecule has 14 nitrogen and oxygen atoms in total. The number of carbonyl (C=O) groups is 3. The van der Waals surface area contributed by atoms with Gasteiger partial charge in [-0.2, -0.15) is 5.10 Å². The summed E-state index contributed by atoms with van der Waals surface area (Å²) in [6.07, 6.45) is 8.45. The van der Waals surface area contributed by atoms with Gasteiger partial charge in [-0.3, -0.25) is 24.4 Å². The van der Waals surface area contributed by atoms with E-state index in [0.717, 1.165) is 81.0 Å². The molecule has 8 rings (SSSR count). The van der Waals surface area contributed by atoms with Crippen LogP contribution >= 0.6 is 23.2 Å². The smallest absolute Gasteiger partial charge is 0.255 e. The van der Waals surface area contributed by atoms with Crippen LogP contribution in [0.4, 0.5) is 15.9 Å². The van der Waals surface area contributed by atoms with Crippen molar-refractivity contribution < 1.29 is 28.2 Å². The van der Waals surface area contributed by atoms with Gasteiger partial charge in [0.2, 0.25) is 11.8 Å². The molecule has 0 bridgehead atoms. The Labute approximate surface area is 352 Å². The standard InChI is InChI=1S/C42H48Cl2FN9O5/c43-33-4-5-34(45)39(44)31(33)10-15-59-37-18-27(20-48-40(37)46)28-21-49-54(24-28)29-8-11-51(12-9-29)13-16-58-17-14-52-22-26(23-52)19-47-35-3-1-2-30-32(35)25-53(42(30)57)36-6-7-38(55)50-41(36)56/h1-5,18,20-21,24,26,29,36,47H,6-17,19,22-23,25H2,(H2,46,48)(H,50,55,56)/t36-/m0/s1. The third-order valence-electron chi connectivity index (χ3n) is 11.8. The molecule has 0 radical (unpaired) electrons. The van der Waals surface area contributed by atoms with Crippen molar-refractivity contribution in [3.63, 3.8) is 0 Å². The molecule has 0 saturated carbocycles. The number of nitrogen functional groups attached to an aromatic ring is 1. The Bertz CT molecular complexity index is 2190. The molecule has 312 valence electrons. The number of rotatable bonds is 16. The number of pyridine rings is 1. The number of carbonyl (C=O) groups excluding carboxylic acids is 3. The summed E-state index contributed by atoms with van der Waals surface area (Å²) in [5.74, 6) is -0.193. The summed E-state index contributed by atoms with van der Waals surface area (Å²) >= 11 is 12.3. The minimum atomic E-state index is -0.618. The number of fused-ring (bicyclic) bond motifs is 1. The van der Waals surface area contributed by atoms with Crippen LogP contribution in [-0.2, 0) is 27.3 Å². The third-order valence-corrected chi connectivity index (χ3v) is 12.6. The van der Waals surface area contributed by atoms with Gasteiger partial charge in [0.1, 0.15) is 11.9 Å². The van der Waals surface area contributed by atoms with Crippen LogP contribution in [0.5, 0.6) is 5.75 Å². The lowest BCUT2D eigenvalue weighted by Crippen LogP contribution is -2.52. The molecule has 2 aromatic carbocycles. The van der Waals surface area contributed by atoms with E-state index < -0.39 is 17.8 Å². The number of benzene rings is 2. The second kappa shape index (κ2) is 18.2. The number of ether oxygens (including phenoxy) is 2. The molecule has 17 heteroatoms. The molecule has 59 heavy (non-hydrogen) atoms. The zero-order valence-corrected chi connectivity index (χ0v) is 34.2. The normalized spacial score (nSPS) is 19.2. The van der Waals surface area contributed by atoms with Crippen molar-refractivity contribution >= 4 is 52.4 Å². The van der Waals surface area contributed by atoms with Crippen molar-refractivity contribution in [3.05, 3.63) is 87.5 Å². The number of imide groups is 1. The van der Waals surface area contributed by atoms with E-state index in [1.54, 1.807) is 11.1 Å². The predicted octanol–water partition coefficient (Wildman–Crippen LogP) is 5.05. The van der Waals surface area contributed by atoms with E-state index >= 15 is 0 Å². The van der Waals surface area contributed by atoms with Gasteiger partial charge in [0.15, 0.2) is 11.6 Å². The number of hydrogen-bond acceptors (Lipinski definition) is 11. The molecule has 4 aliphatic heterocycles. The summed E-state index contributed by atoms with van der Waals surface area (Å²) in [5, 5.41) is 11.0. The first-order chi connectivity index (χ1) is 28.6. The lowest BCUT2D eigenvalue weighted by atomic mass is 9.99. The van der Waals surface area contributed by atoms with Crippen molar-refractivity contribution in [2.45, 2.75) is 50.7 Å². The molecule has 2 aromatic heterocycles. The number of nitrogens with zero attached hydrogens (tertiary/aromatic N) is 6. The molecule has 3 amide bonds. The Morgan fingerprint density at radius 1 is 0.966 bits per heavy atom. The van der Waals surface area contributed by atoms with E-state index in [0.29, 0.717) is 66.5 Å². The summed E-state index contributed by atoms with van der Waals surface area (Å²) in [5.41, 5.74) is 10.8. The van der Waals surface area contributed by atoms with Crippen molar-refractivity contribution in [3.8, 4) is 16.9 Å². The second-order valence-corrected chi connectivity index (χ2v) is 16.4. The Kier molecular flexibility index (Phi) is 12.6. The largest absolute Gasteiger partial charge is 0.489 e. The monoisotopic (exact) mass is 847 g/mol. The van der Waals surface area contributed by atoms with Crippen LogP contribution in [0, 0.1) is 11.7 Å². The molecule has 0 unspecified atom stereocenters. The molecule has 0 aliphatic carbocycles. The quantitative estimate of drug-likeness (QED) is 0.0787. The molecule has 0 spiro atoms. The van der Waals surface area contributed by atoms with Crippen LogP contribution < -0.4 is 21.1 Å². The van der Waals surface area contributed by atoms with E-state index in [1.165, 1.54) is 12.1 Å². The molecule has 3 fully saturated rings. The number of hydrogen-bond donors (Lipinski definition) is 3. The first kappa shape index (κ1) is 41.0. The maximum Gasteiger partial charge on any atom is 0.255 e. The van der Waals surface area contributed by atoms with E-state index in [9.17, 15) is 18.8 Å².